The summed E-state index contributed by atoms with van der Waals surface area (Å²) in [5.41, 5.74) is 8.12. The topological polar surface area (TPSA) is 15.9 Å². The molecule has 0 spiro atoms. The molecule has 2 unspecified atom stereocenters. The second kappa shape index (κ2) is 11.3. The van der Waals surface area contributed by atoms with Gasteiger partial charge in [-0.15, -0.1) is 0 Å². The highest BCUT2D eigenvalue weighted by Crippen LogP contribution is 2.43. The maximum atomic E-state index is 4.53. The molecule has 2 atom stereocenters. The standard InChI is InChI=1S/C33H47N2Si/c1-8-14-24(2)19-20-30-28-17-12-13-18-29(28)31-22-27(21-26-15-10-9-11-16-26)32(36(5,6)7)23-35(31)33(30)25(3)34-4/h8,12-14,17-18,22-23,26,30,33-34H,2-3,9-11,15-16,19-21H2,1,4-7H3/q+1/b14-8-. The minimum atomic E-state index is -1.55. The highest BCUT2D eigenvalue weighted by atomic mass is 28.3. The Morgan fingerprint density at radius 1 is 1.11 bits per heavy atom. The molecule has 1 fully saturated rings. The number of pyridine rings is 1. The van der Waals surface area contributed by atoms with Crippen molar-refractivity contribution >= 4 is 13.3 Å². The van der Waals surface area contributed by atoms with Crippen LogP contribution in [-0.2, 0) is 6.42 Å². The maximum absolute atomic E-state index is 4.53. The summed E-state index contributed by atoms with van der Waals surface area (Å²) in [6.45, 7) is 18.4. The second-order valence-electron chi connectivity index (χ2n) is 12.1. The van der Waals surface area contributed by atoms with Gasteiger partial charge >= 0.3 is 0 Å². The lowest BCUT2D eigenvalue weighted by Gasteiger charge is -2.34. The number of likely N-dealkylation sites (N-methyl/N-ethyl adjacent to an activating group) is 1. The number of benzene rings is 1. The van der Waals surface area contributed by atoms with Gasteiger partial charge in [-0.05, 0) is 49.3 Å². The van der Waals surface area contributed by atoms with Crippen molar-refractivity contribution in [1.29, 1.82) is 0 Å². The molecule has 1 N–H and O–H groups in total. The van der Waals surface area contributed by atoms with Crippen LogP contribution < -0.4 is 15.1 Å². The molecule has 0 radical (unpaired) electrons. The lowest BCUT2D eigenvalue weighted by atomic mass is 9.78. The molecule has 1 aliphatic carbocycles. The van der Waals surface area contributed by atoms with Gasteiger partial charge in [0.25, 0.3) is 0 Å². The monoisotopic (exact) mass is 499 g/mol. The molecule has 0 bridgehead atoms. The molecule has 1 saturated carbocycles. The lowest BCUT2D eigenvalue weighted by Crippen LogP contribution is -2.55. The predicted molar refractivity (Wildman–Crippen MR) is 158 cm³/mol. The van der Waals surface area contributed by atoms with Crippen molar-refractivity contribution in [3.63, 3.8) is 0 Å². The van der Waals surface area contributed by atoms with Crippen molar-refractivity contribution in [3.8, 4) is 11.3 Å². The third-order valence-corrected chi connectivity index (χ3v) is 10.5. The number of nitrogens with one attached hydrogen (secondary N) is 1. The van der Waals surface area contributed by atoms with Crippen LogP contribution in [0.4, 0.5) is 0 Å². The van der Waals surface area contributed by atoms with Gasteiger partial charge in [0.15, 0.2) is 6.20 Å². The summed E-state index contributed by atoms with van der Waals surface area (Å²) in [5, 5.41) is 5.07. The van der Waals surface area contributed by atoms with Crippen molar-refractivity contribution in [1.82, 2.24) is 5.32 Å². The Morgan fingerprint density at radius 2 is 1.83 bits per heavy atom. The quantitative estimate of drug-likeness (QED) is 0.213. The summed E-state index contributed by atoms with van der Waals surface area (Å²) in [6, 6.07) is 11.9. The Morgan fingerprint density at radius 3 is 2.50 bits per heavy atom. The van der Waals surface area contributed by atoms with Crippen LogP contribution in [0.3, 0.4) is 0 Å². The Hall–Kier alpha value is -2.39. The zero-order chi connectivity index (χ0) is 25.9. The van der Waals surface area contributed by atoms with Crippen molar-refractivity contribution < 1.29 is 4.57 Å². The zero-order valence-electron chi connectivity index (χ0n) is 23.4. The molecule has 0 saturated heterocycles. The van der Waals surface area contributed by atoms with Crippen molar-refractivity contribution in [2.24, 2.45) is 5.92 Å². The van der Waals surface area contributed by atoms with Gasteiger partial charge in [-0.1, -0.05) is 101 Å². The van der Waals surface area contributed by atoms with E-state index in [-0.39, 0.29) is 6.04 Å². The van der Waals surface area contributed by atoms with Gasteiger partial charge < -0.3 is 5.32 Å². The summed E-state index contributed by atoms with van der Waals surface area (Å²) in [5.74, 6) is 1.20. The van der Waals surface area contributed by atoms with Crippen LogP contribution in [0.15, 0.2) is 73.1 Å². The van der Waals surface area contributed by atoms with E-state index in [1.165, 1.54) is 60.9 Å². The van der Waals surface area contributed by atoms with E-state index in [4.69, 9.17) is 0 Å². The predicted octanol–water partition coefficient (Wildman–Crippen LogP) is 7.59. The molecular formula is C33H47N2Si+. The Bertz CT molecular complexity index is 1130. The van der Waals surface area contributed by atoms with E-state index in [1.54, 1.807) is 10.8 Å². The Labute approximate surface area is 221 Å². The molecule has 0 amide bonds. The minimum absolute atomic E-state index is 0.192. The van der Waals surface area contributed by atoms with Gasteiger partial charge in [0, 0.05) is 23.9 Å². The molecule has 2 aromatic rings. The number of hydrogen-bond acceptors (Lipinski definition) is 1. The summed E-state index contributed by atoms with van der Waals surface area (Å²) in [7, 11) is 0.472. The Kier molecular flexibility index (Phi) is 8.40. The summed E-state index contributed by atoms with van der Waals surface area (Å²) < 4.78 is 2.59. The fourth-order valence-corrected chi connectivity index (χ4v) is 8.22. The molecule has 2 nitrogen and oxygen atoms in total. The van der Waals surface area contributed by atoms with Gasteiger partial charge in [-0.2, -0.15) is 4.57 Å². The third kappa shape index (κ3) is 5.62. The van der Waals surface area contributed by atoms with Crippen molar-refractivity contribution in [2.45, 2.75) is 89.9 Å². The van der Waals surface area contributed by atoms with Crippen molar-refractivity contribution in [2.75, 3.05) is 7.05 Å². The number of aromatic nitrogens is 1. The normalized spacial score (nSPS) is 20.1. The van der Waals surface area contributed by atoms with E-state index in [9.17, 15) is 0 Å². The van der Waals surface area contributed by atoms with Gasteiger partial charge in [-0.3, -0.25) is 0 Å². The largest absolute Gasteiger partial charge is 0.387 e. The van der Waals surface area contributed by atoms with Gasteiger partial charge in [0.2, 0.25) is 11.7 Å². The SMILES string of the molecule is C=C(/C=C\C)CCC1c2ccccc2-c2cc(CC3CCCCC3)c([Si](C)(C)C)c[n+]2C1C(=C)NC. The second-order valence-corrected chi connectivity index (χ2v) is 17.1. The average Bonchev–Trinajstić information content (AvgIpc) is 2.86. The summed E-state index contributed by atoms with van der Waals surface area (Å²) in [6.07, 6.45) is 17.1. The van der Waals surface area contributed by atoms with E-state index in [0.29, 0.717) is 5.92 Å². The molecule has 3 heteroatoms. The molecule has 1 aromatic heterocycles. The summed E-state index contributed by atoms with van der Waals surface area (Å²) >= 11 is 0. The fraction of sp³-hybridized carbons (Fsp3) is 0.485. The number of hydrogen-bond donors (Lipinski definition) is 1. The maximum Gasteiger partial charge on any atom is 0.213 e. The summed E-state index contributed by atoms with van der Waals surface area (Å²) in [4.78, 5) is 0. The van der Waals surface area contributed by atoms with Gasteiger partial charge in [-0.25, -0.2) is 0 Å². The molecular weight excluding hydrogens is 452 g/mol. The first-order valence-electron chi connectivity index (χ1n) is 14.1. The number of nitrogens with zero attached hydrogens (tertiary/aromatic N) is 1. The van der Waals surface area contributed by atoms with Crippen LogP contribution in [0.1, 0.15) is 75.0 Å². The van der Waals surface area contributed by atoms with Crippen LogP contribution in [0.5, 0.6) is 0 Å². The zero-order valence-corrected chi connectivity index (χ0v) is 24.4. The number of allylic oxidation sites excluding steroid dienone is 4. The van der Waals surface area contributed by atoms with Crippen LogP contribution in [0.25, 0.3) is 11.3 Å². The van der Waals surface area contributed by atoms with Crippen LogP contribution >= 0.6 is 0 Å². The van der Waals surface area contributed by atoms with Crippen LogP contribution in [-0.4, -0.2) is 15.1 Å². The minimum Gasteiger partial charge on any atom is -0.387 e. The molecule has 2 aliphatic rings. The number of fused-ring (bicyclic) bond motifs is 3. The van der Waals surface area contributed by atoms with Gasteiger partial charge in [0.1, 0.15) is 0 Å². The van der Waals surface area contributed by atoms with Crippen molar-refractivity contribution in [3.05, 3.63) is 84.2 Å². The Balaban J connectivity index is 1.86. The van der Waals surface area contributed by atoms with E-state index >= 15 is 0 Å². The van der Waals surface area contributed by atoms with E-state index in [0.717, 1.165) is 24.5 Å². The van der Waals surface area contributed by atoms with E-state index < -0.39 is 8.07 Å². The van der Waals surface area contributed by atoms with Gasteiger partial charge in [0.05, 0.1) is 19.7 Å². The smallest absolute Gasteiger partial charge is 0.213 e. The first kappa shape index (κ1) is 26.7. The van der Waals surface area contributed by atoms with Crippen LogP contribution in [0, 0.1) is 5.92 Å². The number of rotatable bonds is 9. The highest BCUT2D eigenvalue weighted by Gasteiger charge is 2.43. The molecule has 4 rings (SSSR count). The third-order valence-electron chi connectivity index (χ3n) is 8.42. The first-order valence-corrected chi connectivity index (χ1v) is 17.6. The molecule has 1 aromatic carbocycles. The fourth-order valence-electron chi connectivity index (χ4n) is 6.55. The average molecular weight is 500 g/mol. The van der Waals surface area contributed by atoms with E-state index in [1.807, 2.05) is 7.05 Å². The molecule has 36 heavy (non-hydrogen) atoms. The molecule has 1 aliphatic heterocycles. The molecule has 192 valence electrons. The van der Waals surface area contributed by atoms with Crippen LogP contribution in [0.2, 0.25) is 19.6 Å². The van der Waals surface area contributed by atoms with E-state index in [2.05, 4.69) is 98.3 Å². The molecule has 2 heterocycles. The highest BCUT2D eigenvalue weighted by molar-refractivity contribution is 6.89. The first-order chi connectivity index (χ1) is 17.2. The lowest BCUT2D eigenvalue weighted by molar-refractivity contribution is -0.709.